The van der Waals surface area contributed by atoms with Gasteiger partial charge in [0.05, 0.1) is 5.38 Å². The van der Waals surface area contributed by atoms with E-state index in [9.17, 15) is 0 Å². The Balaban J connectivity index is 2.07. The van der Waals surface area contributed by atoms with Crippen LogP contribution >= 0.6 is 11.6 Å². The molecule has 1 saturated carbocycles. The van der Waals surface area contributed by atoms with E-state index in [2.05, 4.69) is 17.1 Å². The van der Waals surface area contributed by atoms with Crippen LogP contribution in [-0.2, 0) is 0 Å². The predicted octanol–water partition coefficient (Wildman–Crippen LogP) is 2.88. The fourth-order valence-corrected chi connectivity index (χ4v) is 1.65. The standard InChI is InChI=1S/C9H13ClN2O/c1-3-6-4-7(6)9-11-8(5(2)10)12-13-9/h5-7H,3-4H2,1-2H3. The number of aromatic nitrogens is 2. The second kappa shape index (κ2) is 3.29. The summed E-state index contributed by atoms with van der Waals surface area (Å²) < 4.78 is 5.14. The molecule has 0 amide bonds. The van der Waals surface area contributed by atoms with Gasteiger partial charge in [0, 0.05) is 5.92 Å². The van der Waals surface area contributed by atoms with E-state index in [1.54, 1.807) is 0 Å². The smallest absolute Gasteiger partial charge is 0.230 e. The summed E-state index contributed by atoms with van der Waals surface area (Å²) in [4.78, 5) is 4.26. The van der Waals surface area contributed by atoms with Crippen molar-refractivity contribution in [3.8, 4) is 0 Å². The van der Waals surface area contributed by atoms with E-state index in [0.29, 0.717) is 11.7 Å². The van der Waals surface area contributed by atoms with E-state index in [1.165, 1.54) is 12.8 Å². The number of halogens is 1. The topological polar surface area (TPSA) is 38.9 Å². The number of nitrogens with zero attached hydrogens (tertiary/aromatic N) is 2. The van der Waals surface area contributed by atoms with Gasteiger partial charge in [-0.3, -0.25) is 0 Å². The van der Waals surface area contributed by atoms with Crippen molar-refractivity contribution in [2.75, 3.05) is 0 Å². The number of rotatable bonds is 3. The van der Waals surface area contributed by atoms with Gasteiger partial charge in [0.2, 0.25) is 5.89 Å². The summed E-state index contributed by atoms with van der Waals surface area (Å²) in [5.41, 5.74) is 0. The third-order valence-electron chi connectivity index (χ3n) is 2.58. The summed E-state index contributed by atoms with van der Waals surface area (Å²) in [6.07, 6.45) is 2.38. The SMILES string of the molecule is CCC1CC1c1nc(C(C)Cl)no1. The van der Waals surface area contributed by atoms with E-state index in [4.69, 9.17) is 16.1 Å². The molecule has 1 aromatic heterocycles. The van der Waals surface area contributed by atoms with Crippen molar-refractivity contribution in [2.24, 2.45) is 5.92 Å². The highest BCUT2D eigenvalue weighted by molar-refractivity contribution is 6.20. The molecule has 72 valence electrons. The quantitative estimate of drug-likeness (QED) is 0.705. The second-order valence-corrected chi connectivity index (χ2v) is 4.27. The zero-order valence-electron chi connectivity index (χ0n) is 7.83. The van der Waals surface area contributed by atoms with Crippen molar-refractivity contribution in [3.63, 3.8) is 0 Å². The van der Waals surface area contributed by atoms with Crippen molar-refractivity contribution in [1.29, 1.82) is 0 Å². The van der Waals surface area contributed by atoms with Crippen molar-refractivity contribution < 1.29 is 4.52 Å². The highest BCUT2D eigenvalue weighted by atomic mass is 35.5. The van der Waals surface area contributed by atoms with Crippen molar-refractivity contribution >= 4 is 11.6 Å². The van der Waals surface area contributed by atoms with Crippen LogP contribution in [0.3, 0.4) is 0 Å². The highest BCUT2D eigenvalue weighted by Gasteiger charge is 2.41. The Labute approximate surface area is 82.5 Å². The molecule has 1 aromatic rings. The fourth-order valence-electron chi connectivity index (χ4n) is 1.56. The van der Waals surface area contributed by atoms with Gasteiger partial charge in [-0.1, -0.05) is 18.5 Å². The molecule has 0 aliphatic heterocycles. The molecule has 1 aliphatic carbocycles. The molecule has 0 aromatic carbocycles. The molecule has 1 heterocycles. The van der Waals surface area contributed by atoms with Gasteiger partial charge in [-0.15, -0.1) is 11.6 Å². The van der Waals surface area contributed by atoms with Crippen molar-refractivity contribution in [1.82, 2.24) is 10.1 Å². The minimum atomic E-state index is -0.156. The first kappa shape index (κ1) is 9.00. The summed E-state index contributed by atoms with van der Waals surface area (Å²) in [7, 11) is 0. The Hall–Kier alpha value is -0.570. The molecule has 1 fully saturated rings. The Morgan fingerprint density at radius 3 is 2.92 bits per heavy atom. The summed E-state index contributed by atoms with van der Waals surface area (Å²) in [5, 5.41) is 3.67. The Bertz CT molecular complexity index is 298. The van der Waals surface area contributed by atoms with Crippen LogP contribution in [0.15, 0.2) is 4.52 Å². The van der Waals surface area contributed by atoms with Crippen LogP contribution in [-0.4, -0.2) is 10.1 Å². The number of hydrogen-bond donors (Lipinski definition) is 0. The van der Waals surface area contributed by atoms with Crippen LogP contribution in [0.4, 0.5) is 0 Å². The third-order valence-corrected chi connectivity index (χ3v) is 2.77. The summed E-state index contributed by atoms with van der Waals surface area (Å²) >= 11 is 5.83. The monoisotopic (exact) mass is 200 g/mol. The van der Waals surface area contributed by atoms with Crippen LogP contribution in [0, 0.1) is 5.92 Å². The summed E-state index contributed by atoms with van der Waals surface area (Å²) in [6.45, 7) is 4.03. The first-order valence-corrected chi connectivity index (χ1v) is 5.13. The van der Waals surface area contributed by atoms with E-state index >= 15 is 0 Å². The Kier molecular flexibility index (Phi) is 2.28. The lowest BCUT2D eigenvalue weighted by Crippen LogP contribution is -1.88. The van der Waals surface area contributed by atoms with Crippen LogP contribution in [0.5, 0.6) is 0 Å². The largest absolute Gasteiger partial charge is 0.339 e. The minimum Gasteiger partial charge on any atom is -0.339 e. The summed E-state index contributed by atoms with van der Waals surface area (Å²) in [6, 6.07) is 0. The lowest BCUT2D eigenvalue weighted by Gasteiger charge is -1.90. The van der Waals surface area contributed by atoms with Crippen LogP contribution in [0.25, 0.3) is 0 Å². The van der Waals surface area contributed by atoms with Gasteiger partial charge in [-0.05, 0) is 19.3 Å². The van der Waals surface area contributed by atoms with Gasteiger partial charge in [0.25, 0.3) is 0 Å². The van der Waals surface area contributed by atoms with Crippen LogP contribution < -0.4 is 0 Å². The zero-order valence-corrected chi connectivity index (χ0v) is 8.58. The first-order valence-electron chi connectivity index (χ1n) is 4.70. The van der Waals surface area contributed by atoms with Gasteiger partial charge >= 0.3 is 0 Å². The maximum Gasteiger partial charge on any atom is 0.230 e. The van der Waals surface area contributed by atoms with E-state index < -0.39 is 0 Å². The van der Waals surface area contributed by atoms with Gasteiger partial charge in [-0.25, -0.2) is 0 Å². The van der Waals surface area contributed by atoms with Crippen molar-refractivity contribution in [3.05, 3.63) is 11.7 Å². The predicted molar refractivity (Wildman–Crippen MR) is 49.7 cm³/mol. The summed E-state index contributed by atoms with van der Waals surface area (Å²) in [5.74, 6) is 2.63. The van der Waals surface area contributed by atoms with E-state index in [1.807, 2.05) is 6.92 Å². The average molecular weight is 201 g/mol. The third kappa shape index (κ3) is 1.70. The second-order valence-electron chi connectivity index (χ2n) is 3.62. The highest BCUT2D eigenvalue weighted by Crippen LogP contribution is 2.48. The maximum absolute atomic E-state index is 5.83. The molecular weight excluding hydrogens is 188 g/mol. The molecule has 3 unspecified atom stereocenters. The van der Waals surface area contributed by atoms with Crippen molar-refractivity contribution in [2.45, 2.75) is 38.0 Å². The maximum atomic E-state index is 5.83. The Morgan fingerprint density at radius 2 is 2.46 bits per heavy atom. The molecule has 0 saturated heterocycles. The molecule has 0 radical (unpaired) electrons. The van der Waals surface area contributed by atoms with Gasteiger partial charge < -0.3 is 4.52 Å². The van der Waals surface area contributed by atoms with Gasteiger partial charge in [-0.2, -0.15) is 4.98 Å². The first-order chi connectivity index (χ1) is 6.22. The van der Waals surface area contributed by atoms with E-state index in [-0.39, 0.29) is 5.38 Å². The molecule has 2 rings (SSSR count). The normalized spacial score (nSPS) is 28.8. The average Bonchev–Trinajstić information content (AvgIpc) is 2.73. The van der Waals surface area contributed by atoms with Gasteiger partial charge in [0.15, 0.2) is 5.82 Å². The molecule has 3 atom stereocenters. The fraction of sp³-hybridized carbons (Fsp3) is 0.778. The molecule has 4 heteroatoms. The molecule has 1 aliphatic rings. The van der Waals surface area contributed by atoms with E-state index in [0.717, 1.165) is 11.8 Å². The molecule has 0 N–H and O–H groups in total. The lowest BCUT2D eigenvalue weighted by atomic mass is 10.2. The molecule has 0 spiro atoms. The minimum absolute atomic E-state index is 0.156. The Morgan fingerprint density at radius 1 is 1.69 bits per heavy atom. The molecular formula is C9H13ClN2O. The van der Waals surface area contributed by atoms with Gasteiger partial charge in [0.1, 0.15) is 0 Å². The van der Waals surface area contributed by atoms with Crippen LogP contribution in [0.1, 0.15) is 49.7 Å². The number of hydrogen-bond acceptors (Lipinski definition) is 3. The lowest BCUT2D eigenvalue weighted by molar-refractivity contribution is 0.369. The molecule has 0 bridgehead atoms. The van der Waals surface area contributed by atoms with Crippen LogP contribution in [0.2, 0.25) is 0 Å². The number of alkyl halides is 1. The molecule has 3 nitrogen and oxygen atoms in total. The zero-order chi connectivity index (χ0) is 9.42. The molecule has 13 heavy (non-hydrogen) atoms.